The van der Waals surface area contributed by atoms with Crippen LogP contribution in [-0.4, -0.2) is 0 Å². The molecule has 0 saturated carbocycles. The fraction of sp³-hybridized carbons (Fsp3) is 0.0448. The Morgan fingerprint density at radius 1 is 0.294 bits per heavy atom. The normalized spacial score (nSPS) is 12.7. The molecule has 0 N–H and O–H groups in total. The SMILES string of the molecule is Cc1ccc(N(c2ccc(-c3c4ccccc4c(-c4ccc5c(c4)C(c4ccccc4)(c4ccccc4)c4ccccc4-5)c4ccccc34)cc2)c2ccc(C)c3ccccc23)c2ccccc12. The molecule has 13 rings (SSSR count). The molecule has 0 aromatic heterocycles. The molecule has 0 fully saturated rings. The number of hydrogen-bond acceptors (Lipinski definition) is 1. The minimum Gasteiger partial charge on any atom is -0.309 e. The molecule has 1 aliphatic rings. The van der Waals surface area contributed by atoms with Gasteiger partial charge in [0.25, 0.3) is 0 Å². The number of rotatable bonds is 7. The monoisotopic (exact) mass is 865 g/mol. The maximum Gasteiger partial charge on any atom is 0.0713 e. The van der Waals surface area contributed by atoms with E-state index in [1.54, 1.807) is 0 Å². The Morgan fingerprint density at radius 2 is 0.691 bits per heavy atom. The van der Waals surface area contributed by atoms with Crippen molar-refractivity contribution < 1.29 is 0 Å². The van der Waals surface area contributed by atoms with Gasteiger partial charge in [-0.2, -0.15) is 0 Å². The van der Waals surface area contributed by atoms with E-state index in [1.807, 2.05) is 0 Å². The lowest BCUT2D eigenvalue weighted by Gasteiger charge is -2.34. The number of fused-ring (bicyclic) bond motifs is 7. The molecular formula is C67H47N. The fourth-order valence-electron chi connectivity index (χ4n) is 11.8. The van der Waals surface area contributed by atoms with Gasteiger partial charge in [-0.25, -0.2) is 0 Å². The molecule has 68 heavy (non-hydrogen) atoms. The maximum absolute atomic E-state index is 2.51. The molecule has 320 valence electrons. The molecule has 0 aliphatic heterocycles. The summed E-state index contributed by atoms with van der Waals surface area (Å²) in [6, 6.07) is 92.6. The molecule has 1 nitrogen and oxygen atoms in total. The Labute approximate surface area is 397 Å². The number of hydrogen-bond donors (Lipinski definition) is 0. The molecular weight excluding hydrogens is 819 g/mol. The lowest BCUT2D eigenvalue weighted by molar-refractivity contribution is 0.769. The van der Waals surface area contributed by atoms with E-state index in [9.17, 15) is 0 Å². The van der Waals surface area contributed by atoms with Crippen LogP contribution in [0.4, 0.5) is 17.1 Å². The molecule has 1 heteroatoms. The lowest BCUT2D eigenvalue weighted by atomic mass is 9.67. The highest BCUT2D eigenvalue weighted by Gasteiger charge is 2.46. The van der Waals surface area contributed by atoms with Crippen LogP contribution in [0.3, 0.4) is 0 Å². The fourth-order valence-corrected chi connectivity index (χ4v) is 11.8. The highest BCUT2D eigenvalue weighted by Crippen LogP contribution is 2.57. The van der Waals surface area contributed by atoms with Gasteiger partial charge in [0.05, 0.1) is 16.8 Å². The van der Waals surface area contributed by atoms with Gasteiger partial charge in [0.15, 0.2) is 0 Å². The van der Waals surface area contributed by atoms with Gasteiger partial charge < -0.3 is 4.90 Å². The van der Waals surface area contributed by atoms with E-state index in [2.05, 4.69) is 267 Å². The second-order valence-electron chi connectivity index (χ2n) is 18.4. The molecule has 12 aromatic rings. The molecule has 0 saturated heterocycles. The molecule has 0 heterocycles. The molecule has 12 aromatic carbocycles. The van der Waals surface area contributed by atoms with Crippen molar-refractivity contribution in [3.63, 3.8) is 0 Å². The summed E-state index contributed by atoms with van der Waals surface area (Å²) in [7, 11) is 0. The van der Waals surface area contributed by atoms with Crippen molar-refractivity contribution in [1.82, 2.24) is 0 Å². The second-order valence-corrected chi connectivity index (χ2v) is 18.4. The third-order valence-corrected chi connectivity index (χ3v) is 14.8. The zero-order valence-corrected chi connectivity index (χ0v) is 38.1. The molecule has 0 bridgehead atoms. The summed E-state index contributed by atoms with van der Waals surface area (Å²) in [6.07, 6.45) is 0. The summed E-state index contributed by atoms with van der Waals surface area (Å²) in [6.45, 7) is 4.41. The number of anilines is 3. The van der Waals surface area contributed by atoms with Crippen molar-refractivity contribution in [2.45, 2.75) is 19.3 Å². The van der Waals surface area contributed by atoms with Gasteiger partial charge in [-0.1, -0.05) is 218 Å². The lowest BCUT2D eigenvalue weighted by Crippen LogP contribution is -2.28. The molecule has 0 amide bonds. The number of aryl methyl sites for hydroxylation is 2. The third kappa shape index (κ3) is 5.95. The van der Waals surface area contributed by atoms with E-state index in [1.165, 1.54) is 110 Å². The predicted octanol–water partition coefficient (Wildman–Crippen LogP) is 18.1. The van der Waals surface area contributed by atoms with Crippen LogP contribution in [0.15, 0.2) is 249 Å². The van der Waals surface area contributed by atoms with Crippen LogP contribution in [0, 0.1) is 13.8 Å². The largest absolute Gasteiger partial charge is 0.309 e. The molecule has 0 spiro atoms. The van der Waals surface area contributed by atoms with Gasteiger partial charge in [-0.15, -0.1) is 0 Å². The first-order chi connectivity index (χ1) is 33.6. The summed E-state index contributed by atoms with van der Waals surface area (Å²) in [4.78, 5) is 2.46. The van der Waals surface area contributed by atoms with Crippen LogP contribution in [0.1, 0.15) is 33.4 Å². The first-order valence-electron chi connectivity index (χ1n) is 23.8. The van der Waals surface area contributed by atoms with Crippen molar-refractivity contribution in [3.8, 4) is 33.4 Å². The van der Waals surface area contributed by atoms with E-state index < -0.39 is 5.41 Å². The Kier molecular flexibility index (Phi) is 9.27. The van der Waals surface area contributed by atoms with Crippen LogP contribution < -0.4 is 4.90 Å². The standard InChI is InChI=1S/C67H47N/c1-44-33-41-63(55-26-11-9-23-51(44)55)68(64-42-34-45(2)52-24-10-12-27-56(52)64)50-38-35-46(36-39-50)65-57-28-13-15-30-59(57)66(60-31-16-14-29-58(60)65)47-37-40-54-53-25-17-18-32-61(53)67(62(54)43-47,48-19-5-3-6-20-48)49-21-7-4-8-22-49/h3-43H,1-2H3. The summed E-state index contributed by atoms with van der Waals surface area (Å²) in [5.41, 5.74) is 18.2. The zero-order valence-electron chi connectivity index (χ0n) is 38.1. The quantitative estimate of drug-likeness (QED) is 0.144. The average molecular weight is 866 g/mol. The van der Waals surface area contributed by atoms with E-state index in [-0.39, 0.29) is 0 Å². The van der Waals surface area contributed by atoms with Crippen molar-refractivity contribution in [1.29, 1.82) is 0 Å². The topological polar surface area (TPSA) is 3.24 Å². The van der Waals surface area contributed by atoms with Gasteiger partial charge in [0, 0.05) is 16.5 Å². The van der Waals surface area contributed by atoms with Crippen LogP contribution in [0.2, 0.25) is 0 Å². The average Bonchev–Trinajstić information content (AvgIpc) is 3.70. The summed E-state index contributed by atoms with van der Waals surface area (Å²) in [5.74, 6) is 0. The van der Waals surface area contributed by atoms with E-state index in [0.29, 0.717) is 0 Å². The first-order valence-corrected chi connectivity index (χ1v) is 23.8. The Morgan fingerprint density at radius 3 is 1.21 bits per heavy atom. The highest BCUT2D eigenvalue weighted by molar-refractivity contribution is 6.21. The van der Waals surface area contributed by atoms with Gasteiger partial charge in [0.2, 0.25) is 0 Å². The maximum atomic E-state index is 2.51. The summed E-state index contributed by atoms with van der Waals surface area (Å²) >= 11 is 0. The third-order valence-electron chi connectivity index (χ3n) is 14.8. The van der Waals surface area contributed by atoms with Crippen LogP contribution in [-0.2, 0) is 5.41 Å². The van der Waals surface area contributed by atoms with E-state index in [4.69, 9.17) is 0 Å². The molecule has 0 radical (unpaired) electrons. The minimum absolute atomic E-state index is 0.485. The van der Waals surface area contributed by atoms with E-state index in [0.717, 1.165) is 17.1 Å². The van der Waals surface area contributed by atoms with Crippen LogP contribution >= 0.6 is 0 Å². The Balaban J connectivity index is 1.01. The van der Waals surface area contributed by atoms with Crippen molar-refractivity contribution >= 4 is 60.2 Å². The molecule has 1 aliphatic carbocycles. The summed E-state index contributed by atoms with van der Waals surface area (Å²) in [5, 5.41) is 9.94. The van der Waals surface area contributed by atoms with Crippen molar-refractivity contribution in [3.05, 3.63) is 282 Å². The number of benzene rings is 12. The first kappa shape index (κ1) is 39.8. The minimum atomic E-state index is -0.485. The summed E-state index contributed by atoms with van der Waals surface area (Å²) < 4.78 is 0. The molecule has 0 unspecified atom stereocenters. The molecule has 0 atom stereocenters. The second kappa shape index (κ2) is 15.8. The van der Waals surface area contributed by atoms with Crippen molar-refractivity contribution in [2.24, 2.45) is 0 Å². The Hall–Kier alpha value is -8.52. The Bertz CT molecular complexity index is 3740. The van der Waals surface area contributed by atoms with Crippen LogP contribution in [0.5, 0.6) is 0 Å². The van der Waals surface area contributed by atoms with Crippen LogP contribution in [0.25, 0.3) is 76.5 Å². The van der Waals surface area contributed by atoms with Gasteiger partial charge in [0.1, 0.15) is 0 Å². The highest BCUT2D eigenvalue weighted by atomic mass is 15.1. The van der Waals surface area contributed by atoms with Gasteiger partial charge >= 0.3 is 0 Å². The van der Waals surface area contributed by atoms with Gasteiger partial charge in [-0.05, 0) is 143 Å². The van der Waals surface area contributed by atoms with Crippen molar-refractivity contribution in [2.75, 3.05) is 4.90 Å². The zero-order chi connectivity index (χ0) is 45.3. The predicted molar refractivity (Wildman–Crippen MR) is 289 cm³/mol. The smallest absolute Gasteiger partial charge is 0.0713 e. The number of nitrogens with zero attached hydrogens (tertiary/aromatic N) is 1. The van der Waals surface area contributed by atoms with Gasteiger partial charge in [-0.3, -0.25) is 0 Å². The van der Waals surface area contributed by atoms with E-state index >= 15 is 0 Å².